The summed E-state index contributed by atoms with van der Waals surface area (Å²) in [5.41, 5.74) is 9.48. The molecule has 0 radical (unpaired) electrons. The molecule has 0 aromatic heterocycles. The van der Waals surface area contributed by atoms with Crippen LogP contribution >= 0.6 is 11.6 Å². The smallest absolute Gasteiger partial charge is 0.251 e. The molecule has 3 aromatic carbocycles. The van der Waals surface area contributed by atoms with Gasteiger partial charge in [-0.1, -0.05) is 36.2 Å². The van der Waals surface area contributed by atoms with E-state index in [0.29, 0.717) is 40.5 Å². The summed E-state index contributed by atoms with van der Waals surface area (Å²) in [6, 6.07) is 22.3. The fraction of sp³-hybridized carbons (Fsp3) is 0.375. The number of carbonyl (C=O) groups excluding carboxylic acids is 1. The Morgan fingerprint density at radius 1 is 0.949 bits per heavy atom. The second-order valence-corrected chi connectivity index (χ2v) is 11.5. The molecule has 2 unspecified atom stereocenters. The zero-order valence-electron chi connectivity index (χ0n) is 22.0. The van der Waals surface area contributed by atoms with E-state index in [1.807, 2.05) is 42.5 Å². The molecule has 4 N–H and O–H groups in total. The van der Waals surface area contributed by atoms with Crippen molar-refractivity contribution in [2.75, 3.05) is 5.73 Å². The minimum Gasteiger partial charge on any atom is -0.490 e. The van der Waals surface area contributed by atoms with Crippen molar-refractivity contribution in [2.45, 2.75) is 75.7 Å². The van der Waals surface area contributed by atoms with Crippen LogP contribution in [0.15, 0.2) is 66.7 Å². The second-order valence-electron chi connectivity index (χ2n) is 11.1. The van der Waals surface area contributed by atoms with Crippen molar-refractivity contribution in [1.82, 2.24) is 10.2 Å². The van der Waals surface area contributed by atoms with E-state index in [0.717, 1.165) is 35.8 Å². The van der Waals surface area contributed by atoms with Crippen LogP contribution in [0.4, 0.5) is 5.69 Å². The molecular formula is C32H35ClN4O2. The normalized spacial score (nSPS) is 22.7. The largest absolute Gasteiger partial charge is 0.490 e. The van der Waals surface area contributed by atoms with Gasteiger partial charge < -0.3 is 15.8 Å². The Morgan fingerprint density at radius 3 is 2.31 bits per heavy atom. The number of hydrogen-bond acceptors (Lipinski definition) is 5. The van der Waals surface area contributed by atoms with Crippen LogP contribution in [0.1, 0.15) is 72.0 Å². The van der Waals surface area contributed by atoms with Crippen LogP contribution in [-0.4, -0.2) is 40.7 Å². The minimum absolute atomic E-state index is 0.245. The molecule has 2 heterocycles. The van der Waals surface area contributed by atoms with Crippen molar-refractivity contribution in [3.05, 3.63) is 94.0 Å². The molecule has 3 aliphatic rings. The molecule has 7 heteroatoms. The van der Waals surface area contributed by atoms with E-state index in [-0.39, 0.29) is 17.7 Å². The lowest BCUT2D eigenvalue weighted by atomic mass is 9.87. The number of benzene rings is 3. The molecule has 2 bridgehead atoms. The Bertz CT molecular complexity index is 1360. The summed E-state index contributed by atoms with van der Waals surface area (Å²) in [5.74, 6) is 0.596. The average Bonchev–Trinajstić information content (AvgIpc) is 3.15. The highest BCUT2D eigenvalue weighted by Crippen LogP contribution is 2.42. The first-order chi connectivity index (χ1) is 19.0. The maximum atomic E-state index is 12.8. The first-order valence-corrected chi connectivity index (χ1v) is 14.4. The van der Waals surface area contributed by atoms with E-state index in [2.05, 4.69) is 10.2 Å². The SMILES string of the molecule is N=C(c1ccc(OC2CC3CCC(C2)N3C2CCC2)cc1)c1cc(C(=O)NCc2ccccc2Cl)ccc1N. The predicted octanol–water partition coefficient (Wildman–Crippen LogP) is 6.20. The fourth-order valence-electron chi connectivity index (χ4n) is 6.42. The van der Waals surface area contributed by atoms with Crippen LogP contribution < -0.4 is 15.8 Å². The van der Waals surface area contributed by atoms with Crippen LogP contribution in [-0.2, 0) is 6.54 Å². The van der Waals surface area contributed by atoms with Gasteiger partial charge in [-0.05, 0) is 92.6 Å². The van der Waals surface area contributed by atoms with Crippen LogP contribution in [0, 0.1) is 5.41 Å². The molecule has 202 valence electrons. The monoisotopic (exact) mass is 542 g/mol. The van der Waals surface area contributed by atoms with Gasteiger partial charge in [0.25, 0.3) is 5.91 Å². The first kappa shape index (κ1) is 25.9. The van der Waals surface area contributed by atoms with E-state index < -0.39 is 0 Å². The maximum absolute atomic E-state index is 12.8. The number of nitrogens with two attached hydrogens (primary N) is 1. The zero-order chi connectivity index (χ0) is 26.9. The van der Waals surface area contributed by atoms with Crippen molar-refractivity contribution in [1.29, 1.82) is 5.41 Å². The third-order valence-corrected chi connectivity index (χ3v) is 9.04. The van der Waals surface area contributed by atoms with Crippen molar-refractivity contribution in [3.63, 3.8) is 0 Å². The van der Waals surface area contributed by atoms with Gasteiger partial charge in [0, 0.05) is 52.1 Å². The van der Waals surface area contributed by atoms with Crippen LogP contribution in [0.25, 0.3) is 0 Å². The lowest BCUT2D eigenvalue weighted by Crippen LogP contribution is -2.53. The predicted molar refractivity (Wildman–Crippen MR) is 156 cm³/mol. The van der Waals surface area contributed by atoms with Crippen molar-refractivity contribution in [2.24, 2.45) is 0 Å². The molecule has 2 atom stereocenters. The van der Waals surface area contributed by atoms with E-state index in [1.54, 1.807) is 24.3 Å². The van der Waals surface area contributed by atoms with E-state index in [1.165, 1.54) is 32.1 Å². The van der Waals surface area contributed by atoms with Gasteiger partial charge in [0.15, 0.2) is 0 Å². The van der Waals surface area contributed by atoms with Gasteiger partial charge in [-0.3, -0.25) is 15.1 Å². The molecule has 6 rings (SSSR count). The number of amides is 1. The number of halogens is 1. The van der Waals surface area contributed by atoms with Gasteiger partial charge in [0.2, 0.25) is 0 Å². The fourth-order valence-corrected chi connectivity index (χ4v) is 6.62. The summed E-state index contributed by atoms with van der Waals surface area (Å²) in [6.45, 7) is 0.318. The third-order valence-electron chi connectivity index (χ3n) is 8.67. The number of fused-ring (bicyclic) bond motifs is 2. The molecule has 2 saturated heterocycles. The van der Waals surface area contributed by atoms with E-state index >= 15 is 0 Å². The standard InChI is InChI=1S/C32H35ClN4O2/c33-29-7-2-1-4-22(29)19-36-32(38)21-10-15-30(34)28(16-21)31(35)20-8-13-26(14-9-20)39-27-17-24-11-12-25(18-27)37(24)23-5-3-6-23/h1-2,4,7-10,13-16,23-25,27,35H,3,5-6,11-12,17-19,34H2,(H,36,38). The molecule has 1 aliphatic carbocycles. The Morgan fingerprint density at radius 2 is 1.64 bits per heavy atom. The number of nitrogens with one attached hydrogen (secondary N) is 2. The van der Waals surface area contributed by atoms with E-state index in [4.69, 9.17) is 27.5 Å². The number of nitrogens with zero attached hydrogens (tertiary/aromatic N) is 1. The number of ether oxygens (including phenoxy) is 1. The summed E-state index contributed by atoms with van der Waals surface area (Å²) in [4.78, 5) is 15.6. The number of piperidine rings is 1. The Hall–Kier alpha value is -3.35. The lowest BCUT2D eigenvalue weighted by molar-refractivity contribution is -0.00226. The van der Waals surface area contributed by atoms with Gasteiger partial charge >= 0.3 is 0 Å². The maximum Gasteiger partial charge on any atom is 0.251 e. The number of carbonyl (C=O) groups is 1. The van der Waals surface area contributed by atoms with Crippen LogP contribution in [0.3, 0.4) is 0 Å². The summed E-state index contributed by atoms with van der Waals surface area (Å²) >= 11 is 6.21. The van der Waals surface area contributed by atoms with Crippen LogP contribution in [0.2, 0.25) is 5.02 Å². The number of hydrogen-bond donors (Lipinski definition) is 3. The number of rotatable bonds is 8. The molecule has 6 nitrogen and oxygen atoms in total. The van der Waals surface area contributed by atoms with E-state index in [9.17, 15) is 4.79 Å². The van der Waals surface area contributed by atoms with Crippen molar-refractivity contribution >= 4 is 28.9 Å². The quantitative estimate of drug-likeness (QED) is 0.233. The zero-order valence-corrected chi connectivity index (χ0v) is 22.8. The van der Waals surface area contributed by atoms with Gasteiger partial charge in [0.1, 0.15) is 11.9 Å². The molecular weight excluding hydrogens is 508 g/mol. The average molecular weight is 543 g/mol. The topological polar surface area (TPSA) is 91.4 Å². The molecule has 1 saturated carbocycles. The molecule has 2 aliphatic heterocycles. The van der Waals surface area contributed by atoms with Crippen LogP contribution in [0.5, 0.6) is 5.75 Å². The highest BCUT2D eigenvalue weighted by atomic mass is 35.5. The number of anilines is 1. The summed E-state index contributed by atoms with van der Waals surface area (Å²) < 4.78 is 6.42. The Labute approximate surface area is 235 Å². The molecule has 1 amide bonds. The third kappa shape index (κ3) is 5.41. The van der Waals surface area contributed by atoms with Crippen molar-refractivity contribution < 1.29 is 9.53 Å². The summed E-state index contributed by atoms with van der Waals surface area (Å²) in [5, 5.41) is 12.3. The van der Waals surface area contributed by atoms with Gasteiger partial charge in [0.05, 0.1) is 5.71 Å². The molecule has 39 heavy (non-hydrogen) atoms. The Kier molecular flexibility index (Phi) is 7.32. The molecule has 3 fully saturated rings. The summed E-state index contributed by atoms with van der Waals surface area (Å²) in [7, 11) is 0. The first-order valence-electron chi connectivity index (χ1n) is 14.0. The van der Waals surface area contributed by atoms with Gasteiger partial charge in [-0.25, -0.2) is 0 Å². The molecule has 3 aromatic rings. The summed E-state index contributed by atoms with van der Waals surface area (Å²) in [6.07, 6.45) is 9.18. The highest BCUT2D eigenvalue weighted by Gasteiger charge is 2.45. The minimum atomic E-state index is -0.245. The molecule has 0 spiro atoms. The van der Waals surface area contributed by atoms with Gasteiger partial charge in [-0.2, -0.15) is 0 Å². The highest BCUT2D eigenvalue weighted by molar-refractivity contribution is 6.31. The van der Waals surface area contributed by atoms with Crippen molar-refractivity contribution in [3.8, 4) is 5.75 Å². The number of nitrogen functional groups attached to an aromatic ring is 1. The second kappa shape index (κ2) is 11.0. The van der Waals surface area contributed by atoms with Gasteiger partial charge in [-0.15, -0.1) is 0 Å². The lowest BCUT2D eigenvalue weighted by Gasteiger charge is -2.46. The Balaban J connectivity index is 1.09.